The number of alkyl halides is 5. The standard InChI is InChI=1S/C8H5F5INO/c1-3-2-4(16-8(11,12)13)15-6(5(3)14)7(9)10/h2,7H,1H3. The fraction of sp³-hybridized carbons (Fsp3) is 0.375. The van der Waals surface area contributed by atoms with Gasteiger partial charge in [-0.3, -0.25) is 0 Å². The van der Waals surface area contributed by atoms with Gasteiger partial charge in [-0.15, -0.1) is 13.2 Å². The van der Waals surface area contributed by atoms with Crippen LogP contribution in [0.25, 0.3) is 0 Å². The zero-order valence-corrected chi connectivity index (χ0v) is 9.94. The van der Waals surface area contributed by atoms with Gasteiger partial charge in [0, 0.05) is 9.64 Å². The summed E-state index contributed by atoms with van der Waals surface area (Å²) in [5.74, 6) is -0.874. The van der Waals surface area contributed by atoms with E-state index in [0.29, 0.717) is 0 Å². The van der Waals surface area contributed by atoms with Crippen LogP contribution in [0.5, 0.6) is 5.88 Å². The van der Waals surface area contributed by atoms with Crippen molar-refractivity contribution in [3.05, 3.63) is 20.9 Å². The average Bonchev–Trinajstić information content (AvgIpc) is 2.07. The van der Waals surface area contributed by atoms with Gasteiger partial charge in [-0.1, -0.05) is 0 Å². The average molecular weight is 353 g/mol. The molecule has 0 saturated heterocycles. The van der Waals surface area contributed by atoms with Crippen LogP contribution in [0.4, 0.5) is 22.0 Å². The Morgan fingerprint density at radius 1 is 1.38 bits per heavy atom. The van der Waals surface area contributed by atoms with Crippen LogP contribution < -0.4 is 4.74 Å². The van der Waals surface area contributed by atoms with Crippen molar-refractivity contribution in [1.82, 2.24) is 4.98 Å². The Kier molecular flexibility index (Phi) is 3.92. The first-order valence-electron chi connectivity index (χ1n) is 3.91. The lowest BCUT2D eigenvalue weighted by molar-refractivity contribution is -0.276. The van der Waals surface area contributed by atoms with Crippen molar-refractivity contribution in [2.45, 2.75) is 19.7 Å². The van der Waals surface area contributed by atoms with E-state index in [0.717, 1.165) is 6.07 Å². The number of ether oxygens (including phenoxy) is 1. The third-order valence-electron chi connectivity index (χ3n) is 1.57. The molecule has 0 bridgehead atoms. The number of pyridine rings is 1. The zero-order valence-electron chi connectivity index (χ0n) is 7.78. The molecule has 1 heterocycles. The number of halogens is 6. The van der Waals surface area contributed by atoms with Crippen molar-refractivity contribution in [2.75, 3.05) is 0 Å². The predicted octanol–water partition coefficient (Wildman–Crippen LogP) is 3.83. The van der Waals surface area contributed by atoms with Gasteiger partial charge in [-0.05, 0) is 35.1 Å². The third-order valence-corrected chi connectivity index (χ3v) is 2.97. The summed E-state index contributed by atoms with van der Waals surface area (Å²) in [6.45, 7) is 1.40. The fourth-order valence-electron chi connectivity index (χ4n) is 0.966. The van der Waals surface area contributed by atoms with Gasteiger partial charge in [-0.25, -0.2) is 13.8 Å². The van der Waals surface area contributed by atoms with Gasteiger partial charge >= 0.3 is 6.36 Å². The van der Waals surface area contributed by atoms with E-state index in [-0.39, 0.29) is 9.13 Å². The van der Waals surface area contributed by atoms with E-state index in [1.54, 1.807) is 22.6 Å². The SMILES string of the molecule is Cc1cc(OC(F)(F)F)nc(C(F)F)c1I. The molecule has 0 radical (unpaired) electrons. The van der Waals surface area contributed by atoms with Crippen LogP contribution in [0, 0.1) is 10.5 Å². The molecule has 1 rings (SSSR count). The van der Waals surface area contributed by atoms with Crippen LogP contribution in [-0.2, 0) is 0 Å². The molecule has 0 aliphatic heterocycles. The van der Waals surface area contributed by atoms with Gasteiger partial charge in [0.2, 0.25) is 5.88 Å². The molecule has 0 aliphatic carbocycles. The van der Waals surface area contributed by atoms with E-state index in [9.17, 15) is 22.0 Å². The van der Waals surface area contributed by atoms with E-state index >= 15 is 0 Å². The Hall–Kier alpha value is -0.670. The smallest absolute Gasteiger partial charge is 0.388 e. The Morgan fingerprint density at radius 3 is 2.38 bits per heavy atom. The normalized spacial score (nSPS) is 12.0. The largest absolute Gasteiger partial charge is 0.574 e. The summed E-state index contributed by atoms with van der Waals surface area (Å²) in [6.07, 6.45) is -7.88. The van der Waals surface area contributed by atoms with Gasteiger partial charge in [0.25, 0.3) is 6.43 Å². The quantitative estimate of drug-likeness (QED) is 0.596. The molecular formula is C8H5F5INO. The highest BCUT2D eigenvalue weighted by atomic mass is 127. The van der Waals surface area contributed by atoms with Crippen LogP contribution in [0.15, 0.2) is 6.07 Å². The number of nitrogens with zero attached hydrogens (tertiary/aromatic N) is 1. The summed E-state index contributed by atoms with van der Waals surface area (Å²) in [5.41, 5.74) is -0.454. The lowest BCUT2D eigenvalue weighted by Gasteiger charge is -2.11. The molecule has 0 aromatic carbocycles. The zero-order chi connectivity index (χ0) is 12.5. The first-order valence-corrected chi connectivity index (χ1v) is 4.99. The van der Waals surface area contributed by atoms with Gasteiger partial charge in [-0.2, -0.15) is 0 Å². The van der Waals surface area contributed by atoms with E-state index in [1.165, 1.54) is 6.92 Å². The molecule has 90 valence electrons. The second-order valence-corrected chi connectivity index (χ2v) is 3.90. The highest BCUT2D eigenvalue weighted by Gasteiger charge is 2.32. The molecular weight excluding hydrogens is 348 g/mol. The van der Waals surface area contributed by atoms with Gasteiger partial charge in [0.15, 0.2) is 0 Å². The molecule has 1 aromatic rings. The maximum Gasteiger partial charge on any atom is 0.574 e. The summed E-state index contributed by atoms with van der Waals surface area (Å²) in [7, 11) is 0. The van der Waals surface area contributed by atoms with Crippen molar-refractivity contribution in [2.24, 2.45) is 0 Å². The lowest BCUT2D eigenvalue weighted by Crippen LogP contribution is -2.18. The molecule has 0 atom stereocenters. The molecule has 2 nitrogen and oxygen atoms in total. The number of rotatable bonds is 2. The molecule has 0 spiro atoms. The molecule has 8 heteroatoms. The molecule has 1 aromatic heterocycles. The van der Waals surface area contributed by atoms with Crippen molar-refractivity contribution in [3.63, 3.8) is 0 Å². The first-order chi connectivity index (χ1) is 7.20. The number of hydrogen-bond donors (Lipinski definition) is 0. The van der Waals surface area contributed by atoms with Crippen LogP contribution in [-0.4, -0.2) is 11.3 Å². The molecule has 0 unspecified atom stereocenters. The predicted molar refractivity (Wildman–Crippen MR) is 53.3 cm³/mol. The number of aryl methyl sites for hydroxylation is 1. The molecule has 0 N–H and O–H groups in total. The third kappa shape index (κ3) is 3.42. The van der Waals surface area contributed by atoms with Crippen LogP contribution in [0.2, 0.25) is 0 Å². The summed E-state index contributed by atoms with van der Waals surface area (Å²) in [5, 5.41) is 0. The van der Waals surface area contributed by atoms with Crippen molar-refractivity contribution >= 4 is 22.6 Å². The minimum atomic E-state index is -4.94. The molecule has 0 fully saturated rings. The second-order valence-electron chi connectivity index (χ2n) is 2.83. The first kappa shape index (κ1) is 13.4. The second kappa shape index (κ2) is 4.68. The van der Waals surface area contributed by atoms with Gasteiger partial charge in [0.1, 0.15) is 5.69 Å². The van der Waals surface area contributed by atoms with Crippen molar-refractivity contribution in [1.29, 1.82) is 0 Å². The van der Waals surface area contributed by atoms with Gasteiger partial charge in [0.05, 0.1) is 0 Å². The van der Waals surface area contributed by atoms with E-state index < -0.39 is 24.4 Å². The topological polar surface area (TPSA) is 22.1 Å². The van der Waals surface area contributed by atoms with Crippen LogP contribution >= 0.6 is 22.6 Å². The maximum atomic E-state index is 12.4. The minimum Gasteiger partial charge on any atom is -0.388 e. The van der Waals surface area contributed by atoms with Crippen LogP contribution in [0.1, 0.15) is 17.7 Å². The van der Waals surface area contributed by atoms with E-state index in [4.69, 9.17) is 0 Å². The van der Waals surface area contributed by atoms with Gasteiger partial charge < -0.3 is 4.74 Å². The monoisotopic (exact) mass is 353 g/mol. The molecule has 16 heavy (non-hydrogen) atoms. The van der Waals surface area contributed by atoms with E-state index in [2.05, 4.69) is 9.72 Å². The lowest BCUT2D eigenvalue weighted by atomic mass is 10.2. The highest BCUT2D eigenvalue weighted by molar-refractivity contribution is 14.1. The Balaban J connectivity index is 3.14. The number of aromatic nitrogens is 1. The highest BCUT2D eigenvalue weighted by Crippen LogP contribution is 2.30. The number of hydrogen-bond acceptors (Lipinski definition) is 2. The summed E-state index contributed by atoms with van der Waals surface area (Å²) < 4.78 is 64.0. The Bertz CT molecular complexity index is 393. The fourth-order valence-corrected chi connectivity index (χ4v) is 1.48. The maximum absolute atomic E-state index is 12.4. The van der Waals surface area contributed by atoms with E-state index in [1.807, 2.05) is 0 Å². The molecule has 0 saturated carbocycles. The van der Waals surface area contributed by atoms with Crippen molar-refractivity contribution < 1.29 is 26.7 Å². The van der Waals surface area contributed by atoms with Crippen molar-refractivity contribution in [3.8, 4) is 5.88 Å². The molecule has 0 amide bonds. The Labute approximate surface area is 101 Å². The summed E-state index contributed by atoms with van der Waals surface area (Å²) >= 11 is 1.59. The Morgan fingerprint density at radius 2 is 1.94 bits per heavy atom. The van der Waals surface area contributed by atoms with Crippen LogP contribution in [0.3, 0.4) is 0 Å². The minimum absolute atomic E-state index is 0.127. The summed E-state index contributed by atoms with van der Waals surface area (Å²) in [6, 6.07) is 0.959. The molecule has 0 aliphatic rings. The summed E-state index contributed by atoms with van der Waals surface area (Å²) in [4.78, 5) is 3.12.